The Morgan fingerprint density at radius 3 is 2.44 bits per heavy atom. The maximum atomic E-state index is 12.7. The molecule has 4 aromatic rings. The van der Waals surface area contributed by atoms with Crippen LogP contribution in [-0.2, 0) is 6.54 Å². The average Bonchev–Trinajstić information content (AvgIpc) is 3.30. The quantitative estimate of drug-likeness (QED) is 0.416. The molecule has 0 aliphatic carbocycles. The van der Waals surface area contributed by atoms with Crippen LogP contribution in [0.1, 0.15) is 46.9 Å². The molecule has 0 fully saturated rings. The van der Waals surface area contributed by atoms with Crippen LogP contribution in [0.15, 0.2) is 46.9 Å². The molecular formula is C25H28N6O3. The number of nitrogen functional groups attached to an aromatic ring is 1. The van der Waals surface area contributed by atoms with Gasteiger partial charge in [0, 0.05) is 11.3 Å². The minimum Gasteiger partial charge on any atom is -0.491 e. The third-order valence-electron chi connectivity index (χ3n) is 5.13. The zero-order valence-corrected chi connectivity index (χ0v) is 19.9. The first kappa shape index (κ1) is 23.0. The van der Waals surface area contributed by atoms with Crippen molar-refractivity contribution < 1.29 is 13.9 Å². The van der Waals surface area contributed by atoms with Gasteiger partial charge in [0.05, 0.1) is 12.6 Å². The zero-order chi connectivity index (χ0) is 24.4. The molecule has 9 nitrogen and oxygen atoms in total. The van der Waals surface area contributed by atoms with Gasteiger partial charge in [-0.05, 0) is 82.1 Å². The van der Waals surface area contributed by atoms with Gasteiger partial charge in [0.2, 0.25) is 5.89 Å². The molecule has 1 amide bonds. The van der Waals surface area contributed by atoms with Crippen LogP contribution in [0.3, 0.4) is 0 Å². The largest absolute Gasteiger partial charge is 0.491 e. The Morgan fingerprint density at radius 1 is 1.12 bits per heavy atom. The number of ether oxygens (including phenoxy) is 1. The molecule has 0 spiro atoms. The van der Waals surface area contributed by atoms with Gasteiger partial charge in [0.15, 0.2) is 11.5 Å². The van der Waals surface area contributed by atoms with E-state index in [2.05, 4.69) is 20.6 Å². The number of nitrogens with one attached hydrogen (secondary N) is 1. The molecule has 0 aliphatic heterocycles. The molecule has 0 bridgehead atoms. The lowest BCUT2D eigenvalue weighted by molar-refractivity contribution is 0.102. The molecule has 2 heterocycles. The van der Waals surface area contributed by atoms with Gasteiger partial charge in [-0.1, -0.05) is 11.3 Å². The van der Waals surface area contributed by atoms with Crippen molar-refractivity contribution in [3.8, 4) is 17.2 Å². The lowest BCUT2D eigenvalue weighted by Crippen LogP contribution is -2.15. The van der Waals surface area contributed by atoms with Crippen molar-refractivity contribution in [3.63, 3.8) is 0 Å². The number of anilines is 2. The highest BCUT2D eigenvalue weighted by atomic mass is 16.5. The third kappa shape index (κ3) is 5.09. The summed E-state index contributed by atoms with van der Waals surface area (Å²) in [4.78, 5) is 17.3. The van der Waals surface area contributed by atoms with Crippen LogP contribution in [0.2, 0.25) is 0 Å². The first-order chi connectivity index (χ1) is 16.2. The van der Waals surface area contributed by atoms with Crippen molar-refractivity contribution in [1.29, 1.82) is 0 Å². The number of nitrogens with two attached hydrogens (primary N) is 1. The van der Waals surface area contributed by atoms with E-state index in [1.54, 1.807) is 0 Å². The second-order valence-corrected chi connectivity index (χ2v) is 8.52. The minimum absolute atomic E-state index is 0.0567. The summed E-state index contributed by atoms with van der Waals surface area (Å²) in [6.45, 7) is 9.94. The van der Waals surface area contributed by atoms with E-state index in [9.17, 15) is 4.79 Å². The van der Waals surface area contributed by atoms with E-state index in [0.717, 1.165) is 22.4 Å². The summed E-state index contributed by atoms with van der Waals surface area (Å²) in [5.74, 6) is 1.63. The average molecular weight is 461 g/mol. The third-order valence-corrected chi connectivity index (χ3v) is 5.13. The summed E-state index contributed by atoms with van der Waals surface area (Å²) >= 11 is 0. The number of amides is 1. The van der Waals surface area contributed by atoms with E-state index in [1.807, 2.05) is 77.1 Å². The van der Waals surface area contributed by atoms with Crippen molar-refractivity contribution in [2.24, 2.45) is 0 Å². The fraction of sp³-hybridized carbons (Fsp3) is 0.280. The number of oxazole rings is 1. The molecule has 176 valence electrons. The molecule has 3 N–H and O–H groups in total. The molecule has 2 aromatic carbocycles. The smallest absolute Gasteiger partial charge is 0.280 e. The van der Waals surface area contributed by atoms with E-state index in [1.165, 1.54) is 4.68 Å². The van der Waals surface area contributed by atoms with Gasteiger partial charge in [-0.3, -0.25) is 4.79 Å². The Bertz CT molecular complexity index is 1300. The molecule has 0 saturated heterocycles. The van der Waals surface area contributed by atoms with E-state index >= 15 is 0 Å². The Morgan fingerprint density at radius 2 is 1.79 bits per heavy atom. The highest BCUT2D eigenvalue weighted by Crippen LogP contribution is 2.25. The number of aromatic nitrogens is 4. The summed E-state index contributed by atoms with van der Waals surface area (Å²) in [5.41, 5.74) is 10.5. The number of rotatable bonds is 7. The van der Waals surface area contributed by atoms with Crippen LogP contribution in [0.25, 0.3) is 11.5 Å². The molecule has 0 atom stereocenters. The van der Waals surface area contributed by atoms with E-state index in [-0.39, 0.29) is 24.2 Å². The Kier molecular flexibility index (Phi) is 6.36. The maximum Gasteiger partial charge on any atom is 0.280 e. The predicted molar refractivity (Wildman–Crippen MR) is 130 cm³/mol. The summed E-state index contributed by atoms with van der Waals surface area (Å²) < 4.78 is 13.0. The molecular weight excluding hydrogens is 432 g/mol. The van der Waals surface area contributed by atoms with Crippen molar-refractivity contribution in [1.82, 2.24) is 20.0 Å². The van der Waals surface area contributed by atoms with Crippen molar-refractivity contribution >= 4 is 17.4 Å². The van der Waals surface area contributed by atoms with Gasteiger partial charge in [-0.25, -0.2) is 9.67 Å². The van der Waals surface area contributed by atoms with E-state index in [4.69, 9.17) is 14.9 Å². The lowest BCUT2D eigenvalue weighted by Gasteiger charge is -2.09. The molecule has 0 unspecified atom stereocenters. The van der Waals surface area contributed by atoms with Crippen LogP contribution in [-0.4, -0.2) is 32.0 Å². The number of aryl methyl sites for hydroxylation is 3. The zero-order valence-electron chi connectivity index (χ0n) is 19.9. The van der Waals surface area contributed by atoms with Crippen LogP contribution in [0.5, 0.6) is 5.75 Å². The van der Waals surface area contributed by atoms with Crippen molar-refractivity contribution in [2.75, 3.05) is 11.1 Å². The number of carbonyl (C=O) groups is 1. The second kappa shape index (κ2) is 9.38. The maximum absolute atomic E-state index is 12.7. The highest BCUT2D eigenvalue weighted by Gasteiger charge is 2.20. The first-order valence-corrected chi connectivity index (χ1v) is 11.0. The molecule has 9 heteroatoms. The monoisotopic (exact) mass is 460 g/mol. The molecule has 0 radical (unpaired) electrons. The fourth-order valence-electron chi connectivity index (χ4n) is 3.62. The predicted octanol–water partition coefficient (Wildman–Crippen LogP) is 4.53. The number of nitrogens with zero attached hydrogens (tertiary/aromatic N) is 4. The van der Waals surface area contributed by atoms with E-state index in [0.29, 0.717) is 23.0 Å². The summed E-state index contributed by atoms with van der Waals surface area (Å²) in [6, 6.07) is 13.3. The first-order valence-electron chi connectivity index (χ1n) is 11.0. The highest BCUT2D eigenvalue weighted by molar-refractivity contribution is 6.05. The van der Waals surface area contributed by atoms with Crippen molar-refractivity contribution in [2.45, 2.75) is 47.3 Å². The van der Waals surface area contributed by atoms with Crippen LogP contribution in [0.4, 0.5) is 11.5 Å². The number of carbonyl (C=O) groups excluding carboxylic acids is 1. The van der Waals surface area contributed by atoms with E-state index < -0.39 is 5.91 Å². The van der Waals surface area contributed by atoms with Crippen molar-refractivity contribution in [3.05, 3.63) is 70.7 Å². The Labute approximate surface area is 197 Å². The summed E-state index contributed by atoms with van der Waals surface area (Å²) in [7, 11) is 0. The van der Waals surface area contributed by atoms with Gasteiger partial charge in [-0.2, -0.15) is 0 Å². The number of hydrogen-bond donors (Lipinski definition) is 2. The van der Waals surface area contributed by atoms with Gasteiger partial charge in [0.1, 0.15) is 17.2 Å². The SMILES string of the molecule is Cc1cc(C)cc(NC(=O)c2nnn(Cc3nc(-c4ccc(OC(C)C)cc4)oc3C)c2N)c1. The van der Waals surface area contributed by atoms with Gasteiger partial charge >= 0.3 is 0 Å². The Hall–Kier alpha value is -4.14. The van der Waals surface area contributed by atoms with Gasteiger partial charge < -0.3 is 20.2 Å². The number of benzene rings is 2. The minimum atomic E-state index is -0.421. The van der Waals surface area contributed by atoms with Gasteiger partial charge in [-0.15, -0.1) is 5.10 Å². The molecule has 34 heavy (non-hydrogen) atoms. The summed E-state index contributed by atoms with van der Waals surface area (Å²) in [5, 5.41) is 10.9. The molecule has 0 aliphatic rings. The van der Waals surface area contributed by atoms with Gasteiger partial charge in [0.25, 0.3) is 5.91 Å². The fourth-order valence-corrected chi connectivity index (χ4v) is 3.62. The molecule has 0 saturated carbocycles. The second-order valence-electron chi connectivity index (χ2n) is 8.52. The standard InChI is InChI=1S/C25H28N6O3/c1-14(2)33-20-8-6-18(7-9-20)25-28-21(17(5)34-25)13-31-23(26)22(29-30-31)24(32)27-19-11-15(3)10-16(4)12-19/h6-12,14H,13,26H2,1-5H3,(H,27,32). The lowest BCUT2D eigenvalue weighted by atomic mass is 10.1. The summed E-state index contributed by atoms with van der Waals surface area (Å²) in [6.07, 6.45) is 0.0995. The topological polar surface area (TPSA) is 121 Å². The molecule has 2 aromatic heterocycles. The van der Waals surface area contributed by atoms with Crippen LogP contribution < -0.4 is 15.8 Å². The van der Waals surface area contributed by atoms with Crippen LogP contribution >= 0.6 is 0 Å². The van der Waals surface area contributed by atoms with Crippen LogP contribution in [0, 0.1) is 20.8 Å². The number of hydrogen-bond acceptors (Lipinski definition) is 7. The Balaban J connectivity index is 1.49. The normalized spacial score (nSPS) is 11.1. The molecule has 4 rings (SSSR count).